The monoisotopic (exact) mass is 438 g/mol. The fourth-order valence-corrected chi connectivity index (χ4v) is 3.78. The number of amides is 2. The van der Waals surface area contributed by atoms with E-state index in [1.165, 1.54) is 6.92 Å². The number of ether oxygens (including phenoxy) is 2. The van der Waals surface area contributed by atoms with Crippen molar-refractivity contribution in [3.05, 3.63) is 59.7 Å². The lowest BCUT2D eigenvalue weighted by molar-refractivity contribution is -0.131. The summed E-state index contributed by atoms with van der Waals surface area (Å²) in [6.45, 7) is 3.24. The number of nitrogens with zero attached hydrogens (tertiary/aromatic N) is 1. The number of esters is 1. The molecular weight excluding hydrogens is 408 g/mol. The number of piperidine rings is 1. The van der Waals surface area contributed by atoms with Crippen LogP contribution in [-0.2, 0) is 16.0 Å². The fraction of sp³-hybridized carbons (Fsp3) is 0.400. The van der Waals surface area contributed by atoms with Crippen LogP contribution in [0.4, 0.5) is 0 Å². The Kier molecular flexibility index (Phi) is 8.25. The maximum Gasteiger partial charge on any atom is 0.308 e. The van der Waals surface area contributed by atoms with Gasteiger partial charge in [0.2, 0.25) is 5.91 Å². The van der Waals surface area contributed by atoms with Gasteiger partial charge in [-0.25, -0.2) is 0 Å². The Balaban J connectivity index is 1.39. The lowest BCUT2D eigenvalue weighted by Crippen LogP contribution is -2.41. The van der Waals surface area contributed by atoms with E-state index in [-0.39, 0.29) is 11.8 Å². The summed E-state index contributed by atoms with van der Waals surface area (Å²) in [4.78, 5) is 37.9. The number of rotatable bonds is 8. The fourth-order valence-electron chi connectivity index (χ4n) is 3.78. The van der Waals surface area contributed by atoms with Crippen molar-refractivity contribution in [3.8, 4) is 11.5 Å². The minimum absolute atomic E-state index is 0.0432. The summed E-state index contributed by atoms with van der Waals surface area (Å²) < 4.78 is 10.2. The average Bonchev–Trinajstić information content (AvgIpc) is 2.81. The van der Waals surface area contributed by atoms with Crippen molar-refractivity contribution in [2.45, 2.75) is 32.6 Å². The number of methoxy groups -OCH3 is 1. The van der Waals surface area contributed by atoms with Gasteiger partial charge < -0.3 is 19.7 Å². The van der Waals surface area contributed by atoms with Gasteiger partial charge in [0.25, 0.3) is 5.91 Å². The number of benzene rings is 2. The van der Waals surface area contributed by atoms with Crippen molar-refractivity contribution in [1.29, 1.82) is 0 Å². The van der Waals surface area contributed by atoms with Gasteiger partial charge in [-0.05, 0) is 61.1 Å². The molecule has 1 fully saturated rings. The molecule has 0 bridgehead atoms. The van der Waals surface area contributed by atoms with Crippen LogP contribution >= 0.6 is 0 Å². The molecule has 0 radical (unpaired) electrons. The molecule has 170 valence electrons. The molecule has 1 N–H and O–H groups in total. The van der Waals surface area contributed by atoms with Gasteiger partial charge in [-0.1, -0.05) is 18.2 Å². The van der Waals surface area contributed by atoms with Gasteiger partial charge >= 0.3 is 5.97 Å². The van der Waals surface area contributed by atoms with Crippen molar-refractivity contribution in [2.75, 3.05) is 26.7 Å². The van der Waals surface area contributed by atoms with E-state index in [2.05, 4.69) is 5.32 Å². The molecule has 32 heavy (non-hydrogen) atoms. The van der Waals surface area contributed by atoms with Crippen LogP contribution in [-0.4, -0.2) is 49.4 Å². The van der Waals surface area contributed by atoms with Crippen molar-refractivity contribution < 1.29 is 23.9 Å². The van der Waals surface area contributed by atoms with Crippen LogP contribution in [0.25, 0.3) is 0 Å². The first kappa shape index (κ1) is 23.3. The zero-order valence-corrected chi connectivity index (χ0v) is 18.6. The predicted octanol–water partition coefficient (Wildman–Crippen LogP) is 3.22. The van der Waals surface area contributed by atoms with E-state index in [0.717, 1.165) is 24.2 Å². The standard InChI is InChI=1S/C25H30N2O5/c1-18(28)32-23-5-3-4-21(16-23)25(30)27-14-12-20(13-15-27)17-26-24(29)11-8-19-6-9-22(31-2)10-7-19/h3-7,9-10,16,20H,8,11-15,17H2,1-2H3,(H,26,29). The Hall–Kier alpha value is -3.35. The molecule has 3 rings (SSSR count). The number of likely N-dealkylation sites (tertiary alicyclic amines) is 1. The quantitative estimate of drug-likeness (QED) is 0.505. The van der Waals surface area contributed by atoms with Crippen LogP contribution in [0.3, 0.4) is 0 Å². The Morgan fingerprint density at radius 1 is 1.03 bits per heavy atom. The molecule has 1 heterocycles. The molecule has 2 aromatic rings. The van der Waals surface area contributed by atoms with Crippen molar-refractivity contribution in [1.82, 2.24) is 10.2 Å². The zero-order valence-electron chi connectivity index (χ0n) is 18.6. The van der Waals surface area contributed by atoms with Crippen molar-refractivity contribution in [3.63, 3.8) is 0 Å². The van der Waals surface area contributed by atoms with E-state index in [0.29, 0.717) is 49.7 Å². The summed E-state index contributed by atoms with van der Waals surface area (Å²) in [5.41, 5.74) is 1.61. The number of carbonyl (C=O) groups is 3. The van der Waals surface area contributed by atoms with Gasteiger partial charge in [-0.2, -0.15) is 0 Å². The minimum Gasteiger partial charge on any atom is -0.497 e. The first-order valence-corrected chi connectivity index (χ1v) is 10.9. The summed E-state index contributed by atoms with van der Waals surface area (Å²) in [5.74, 6) is 1.09. The molecule has 0 aliphatic carbocycles. The predicted molar refractivity (Wildman–Crippen MR) is 121 cm³/mol. The molecule has 0 unspecified atom stereocenters. The molecule has 0 aromatic heterocycles. The largest absolute Gasteiger partial charge is 0.497 e. The van der Waals surface area contributed by atoms with Gasteiger partial charge in [0.1, 0.15) is 11.5 Å². The van der Waals surface area contributed by atoms with Crippen molar-refractivity contribution >= 4 is 17.8 Å². The van der Waals surface area contributed by atoms with E-state index in [1.807, 2.05) is 29.2 Å². The molecule has 7 nitrogen and oxygen atoms in total. The molecule has 1 saturated heterocycles. The Labute approximate surface area is 188 Å². The lowest BCUT2D eigenvalue weighted by atomic mass is 9.96. The number of hydrogen-bond donors (Lipinski definition) is 1. The molecule has 1 aliphatic rings. The van der Waals surface area contributed by atoms with Crippen molar-refractivity contribution in [2.24, 2.45) is 5.92 Å². The second-order valence-corrected chi connectivity index (χ2v) is 8.01. The van der Waals surface area contributed by atoms with Crippen LogP contribution in [0.1, 0.15) is 42.1 Å². The highest BCUT2D eigenvalue weighted by Gasteiger charge is 2.24. The highest BCUT2D eigenvalue weighted by molar-refractivity contribution is 5.94. The molecule has 2 aromatic carbocycles. The van der Waals surface area contributed by atoms with E-state index < -0.39 is 5.97 Å². The van der Waals surface area contributed by atoms with Gasteiger partial charge in [-0.3, -0.25) is 14.4 Å². The van der Waals surface area contributed by atoms with E-state index in [1.54, 1.807) is 31.4 Å². The summed E-state index contributed by atoms with van der Waals surface area (Å²) >= 11 is 0. The number of carbonyl (C=O) groups excluding carboxylic acids is 3. The van der Waals surface area contributed by atoms with E-state index in [4.69, 9.17) is 9.47 Å². The first-order valence-electron chi connectivity index (χ1n) is 10.9. The Morgan fingerprint density at radius 3 is 2.41 bits per heavy atom. The first-order chi connectivity index (χ1) is 15.4. The minimum atomic E-state index is -0.415. The van der Waals surface area contributed by atoms with E-state index >= 15 is 0 Å². The maximum atomic E-state index is 12.8. The highest BCUT2D eigenvalue weighted by atomic mass is 16.5. The van der Waals surface area contributed by atoms with Crippen LogP contribution in [0.15, 0.2) is 48.5 Å². The second kappa shape index (κ2) is 11.3. The van der Waals surface area contributed by atoms with Crippen LogP contribution in [0.5, 0.6) is 11.5 Å². The molecule has 7 heteroatoms. The second-order valence-electron chi connectivity index (χ2n) is 8.01. The van der Waals surface area contributed by atoms with Crippen LogP contribution < -0.4 is 14.8 Å². The van der Waals surface area contributed by atoms with Gasteiger partial charge in [0.05, 0.1) is 7.11 Å². The average molecular weight is 439 g/mol. The number of aryl methyl sites for hydroxylation is 1. The van der Waals surface area contributed by atoms with Gasteiger partial charge in [0, 0.05) is 38.5 Å². The smallest absolute Gasteiger partial charge is 0.308 e. The molecule has 0 spiro atoms. The summed E-state index contributed by atoms with van der Waals surface area (Å²) in [5, 5.41) is 3.03. The van der Waals surface area contributed by atoms with Crippen LogP contribution in [0.2, 0.25) is 0 Å². The van der Waals surface area contributed by atoms with Gasteiger partial charge in [-0.15, -0.1) is 0 Å². The molecule has 0 atom stereocenters. The molecular formula is C25H30N2O5. The summed E-state index contributed by atoms with van der Waals surface area (Å²) in [7, 11) is 1.63. The molecule has 1 aliphatic heterocycles. The SMILES string of the molecule is COc1ccc(CCC(=O)NCC2CCN(C(=O)c3cccc(OC(C)=O)c3)CC2)cc1. The topological polar surface area (TPSA) is 84.9 Å². The van der Waals surface area contributed by atoms with E-state index in [9.17, 15) is 14.4 Å². The molecule has 0 saturated carbocycles. The van der Waals surface area contributed by atoms with Crippen LogP contribution in [0, 0.1) is 5.92 Å². The third kappa shape index (κ3) is 6.83. The number of nitrogens with one attached hydrogen (secondary N) is 1. The molecule has 2 amide bonds. The number of hydrogen-bond acceptors (Lipinski definition) is 5. The zero-order chi connectivity index (χ0) is 22.9. The summed E-state index contributed by atoms with van der Waals surface area (Å²) in [6, 6.07) is 14.4. The third-order valence-electron chi connectivity index (χ3n) is 5.63. The highest BCUT2D eigenvalue weighted by Crippen LogP contribution is 2.21. The normalized spacial score (nSPS) is 14.0. The summed E-state index contributed by atoms with van der Waals surface area (Å²) in [6.07, 6.45) is 2.82. The lowest BCUT2D eigenvalue weighted by Gasteiger charge is -2.32. The third-order valence-corrected chi connectivity index (χ3v) is 5.63. The maximum absolute atomic E-state index is 12.8. The van der Waals surface area contributed by atoms with Gasteiger partial charge in [0.15, 0.2) is 0 Å². The Morgan fingerprint density at radius 2 is 1.75 bits per heavy atom. The Bertz CT molecular complexity index is 934.